The molecule has 0 aromatic carbocycles. The first-order valence-electron chi connectivity index (χ1n) is 5.54. The standard InChI is InChI=1S/C13H14ClNO3/c1-13(2,11-4-3-7-17-11)15-12(16)10-6-5-9(8-14)18-10/h3-7H,8H2,1-2H3,(H,15,16). The lowest BCUT2D eigenvalue weighted by Gasteiger charge is -2.23. The normalized spacial score (nSPS) is 11.5. The third-order valence-electron chi connectivity index (χ3n) is 2.58. The summed E-state index contributed by atoms with van der Waals surface area (Å²) in [6.45, 7) is 3.71. The summed E-state index contributed by atoms with van der Waals surface area (Å²) < 4.78 is 10.6. The van der Waals surface area contributed by atoms with E-state index in [4.69, 9.17) is 20.4 Å². The Bertz CT molecular complexity index is 528. The van der Waals surface area contributed by atoms with E-state index < -0.39 is 5.54 Å². The van der Waals surface area contributed by atoms with Crippen LogP contribution >= 0.6 is 11.6 Å². The van der Waals surface area contributed by atoms with Gasteiger partial charge in [-0.05, 0) is 38.1 Å². The lowest BCUT2D eigenvalue weighted by molar-refractivity contribution is 0.0871. The molecule has 0 aliphatic heterocycles. The number of carbonyl (C=O) groups is 1. The van der Waals surface area contributed by atoms with E-state index in [2.05, 4.69) is 5.32 Å². The van der Waals surface area contributed by atoms with Gasteiger partial charge in [0.1, 0.15) is 11.5 Å². The van der Waals surface area contributed by atoms with Crippen LogP contribution in [-0.4, -0.2) is 5.91 Å². The molecule has 2 heterocycles. The summed E-state index contributed by atoms with van der Waals surface area (Å²) in [6.07, 6.45) is 1.57. The number of hydrogen-bond acceptors (Lipinski definition) is 3. The summed E-state index contributed by atoms with van der Waals surface area (Å²) >= 11 is 5.62. The summed E-state index contributed by atoms with van der Waals surface area (Å²) in [5.74, 6) is 1.44. The van der Waals surface area contributed by atoms with E-state index in [1.165, 1.54) is 0 Å². The molecule has 1 amide bonds. The van der Waals surface area contributed by atoms with E-state index in [0.717, 1.165) is 0 Å². The number of carbonyl (C=O) groups excluding carboxylic acids is 1. The molecule has 0 unspecified atom stereocenters. The van der Waals surface area contributed by atoms with Gasteiger partial charge < -0.3 is 14.2 Å². The van der Waals surface area contributed by atoms with Gasteiger partial charge in [-0.25, -0.2) is 0 Å². The molecule has 0 fully saturated rings. The van der Waals surface area contributed by atoms with Gasteiger partial charge in [0.25, 0.3) is 5.91 Å². The zero-order chi connectivity index (χ0) is 13.2. The number of furan rings is 2. The van der Waals surface area contributed by atoms with Gasteiger partial charge in [0.05, 0.1) is 17.7 Å². The quantitative estimate of drug-likeness (QED) is 0.865. The van der Waals surface area contributed by atoms with Gasteiger partial charge in [-0.15, -0.1) is 11.6 Å². The van der Waals surface area contributed by atoms with Crippen molar-refractivity contribution in [3.8, 4) is 0 Å². The molecule has 0 atom stereocenters. The molecule has 1 N–H and O–H groups in total. The number of amides is 1. The van der Waals surface area contributed by atoms with Crippen LogP contribution in [0.15, 0.2) is 39.4 Å². The molecular formula is C13H14ClNO3. The first kappa shape index (κ1) is 12.8. The van der Waals surface area contributed by atoms with Crippen LogP contribution in [0.2, 0.25) is 0 Å². The summed E-state index contributed by atoms with van der Waals surface area (Å²) in [7, 11) is 0. The van der Waals surface area contributed by atoms with Crippen LogP contribution in [-0.2, 0) is 11.4 Å². The molecule has 5 heteroatoms. The highest BCUT2D eigenvalue weighted by molar-refractivity contribution is 6.16. The summed E-state index contributed by atoms with van der Waals surface area (Å²) in [4.78, 5) is 12.0. The molecule has 0 aliphatic carbocycles. The molecule has 96 valence electrons. The highest BCUT2D eigenvalue weighted by Crippen LogP contribution is 2.21. The second-order valence-electron chi connectivity index (χ2n) is 4.46. The summed E-state index contributed by atoms with van der Waals surface area (Å²) in [5.41, 5.74) is -0.603. The van der Waals surface area contributed by atoms with Gasteiger partial charge in [0, 0.05) is 0 Å². The zero-order valence-electron chi connectivity index (χ0n) is 10.2. The van der Waals surface area contributed by atoms with Gasteiger partial charge in [-0.3, -0.25) is 4.79 Å². The van der Waals surface area contributed by atoms with Crippen molar-refractivity contribution in [2.75, 3.05) is 0 Å². The van der Waals surface area contributed by atoms with Crippen LogP contribution in [0.25, 0.3) is 0 Å². The summed E-state index contributed by atoms with van der Waals surface area (Å²) in [6, 6.07) is 6.88. The third kappa shape index (κ3) is 2.59. The van der Waals surface area contributed by atoms with E-state index in [9.17, 15) is 4.79 Å². The Morgan fingerprint density at radius 1 is 1.39 bits per heavy atom. The van der Waals surface area contributed by atoms with Gasteiger partial charge in [-0.1, -0.05) is 0 Å². The highest BCUT2D eigenvalue weighted by atomic mass is 35.5. The van der Waals surface area contributed by atoms with Gasteiger partial charge >= 0.3 is 0 Å². The van der Waals surface area contributed by atoms with Crippen molar-refractivity contribution in [1.82, 2.24) is 5.32 Å². The minimum atomic E-state index is -0.603. The minimum absolute atomic E-state index is 0.241. The molecule has 0 aliphatic rings. The fraction of sp³-hybridized carbons (Fsp3) is 0.308. The maximum absolute atomic E-state index is 12.0. The van der Waals surface area contributed by atoms with E-state index >= 15 is 0 Å². The molecule has 2 rings (SSSR count). The van der Waals surface area contributed by atoms with Crippen LogP contribution in [0, 0.1) is 0 Å². The molecule has 0 saturated heterocycles. The summed E-state index contributed by atoms with van der Waals surface area (Å²) in [5, 5.41) is 2.84. The van der Waals surface area contributed by atoms with Gasteiger partial charge in [0.15, 0.2) is 5.76 Å². The van der Waals surface area contributed by atoms with Crippen LogP contribution in [0.3, 0.4) is 0 Å². The fourth-order valence-electron chi connectivity index (χ4n) is 1.61. The lowest BCUT2D eigenvalue weighted by atomic mass is 10.0. The van der Waals surface area contributed by atoms with Crippen molar-refractivity contribution in [2.24, 2.45) is 0 Å². The van der Waals surface area contributed by atoms with Crippen LogP contribution in [0.1, 0.15) is 35.9 Å². The predicted molar refractivity (Wildman–Crippen MR) is 67.5 cm³/mol. The number of nitrogens with one attached hydrogen (secondary N) is 1. The van der Waals surface area contributed by atoms with Crippen LogP contribution < -0.4 is 5.32 Å². The van der Waals surface area contributed by atoms with E-state index in [1.54, 1.807) is 24.5 Å². The average molecular weight is 268 g/mol. The van der Waals surface area contributed by atoms with Crippen LogP contribution in [0.4, 0.5) is 0 Å². The first-order chi connectivity index (χ1) is 8.53. The topological polar surface area (TPSA) is 55.4 Å². The van der Waals surface area contributed by atoms with Crippen molar-refractivity contribution >= 4 is 17.5 Å². The second kappa shape index (κ2) is 4.90. The smallest absolute Gasteiger partial charge is 0.287 e. The monoisotopic (exact) mass is 267 g/mol. The Morgan fingerprint density at radius 3 is 2.72 bits per heavy atom. The molecule has 0 saturated carbocycles. The Labute approximate surface area is 110 Å². The maximum atomic E-state index is 12.0. The predicted octanol–water partition coefficient (Wildman–Crippen LogP) is 3.28. The number of alkyl halides is 1. The first-order valence-corrected chi connectivity index (χ1v) is 6.07. The molecule has 0 bridgehead atoms. The lowest BCUT2D eigenvalue weighted by Crippen LogP contribution is -2.40. The number of rotatable bonds is 4. The molecular weight excluding hydrogens is 254 g/mol. The van der Waals surface area contributed by atoms with E-state index in [-0.39, 0.29) is 17.5 Å². The van der Waals surface area contributed by atoms with Crippen molar-refractivity contribution < 1.29 is 13.6 Å². The largest absolute Gasteiger partial charge is 0.467 e. The average Bonchev–Trinajstić information content (AvgIpc) is 3.00. The van der Waals surface area contributed by atoms with Gasteiger partial charge in [-0.2, -0.15) is 0 Å². The maximum Gasteiger partial charge on any atom is 0.287 e. The SMILES string of the molecule is CC(C)(NC(=O)c1ccc(CCl)o1)c1ccco1. The molecule has 2 aromatic heterocycles. The van der Waals surface area contributed by atoms with Crippen molar-refractivity contribution in [1.29, 1.82) is 0 Å². The number of hydrogen-bond donors (Lipinski definition) is 1. The fourth-order valence-corrected chi connectivity index (χ4v) is 1.76. The molecule has 2 aromatic rings. The Morgan fingerprint density at radius 2 is 2.17 bits per heavy atom. The van der Waals surface area contributed by atoms with E-state index in [0.29, 0.717) is 11.5 Å². The Hall–Kier alpha value is -1.68. The second-order valence-corrected chi connectivity index (χ2v) is 4.72. The minimum Gasteiger partial charge on any atom is -0.467 e. The van der Waals surface area contributed by atoms with Gasteiger partial charge in [0.2, 0.25) is 0 Å². The Balaban J connectivity index is 2.11. The number of halogens is 1. The van der Waals surface area contributed by atoms with Crippen molar-refractivity contribution in [2.45, 2.75) is 25.3 Å². The van der Waals surface area contributed by atoms with Crippen molar-refractivity contribution in [3.63, 3.8) is 0 Å². The molecule has 0 radical (unpaired) electrons. The van der Waals surface area contributed by atoms with E-state index in [1.807, 2.05) is 19.9 Å². The molecule has 18 heavy (non-hydrogen) atoms. The zero-order valence-corrected chi connectivity index (χ0v) is 11.0. The molecule has 4 nitrogen and oxygen atoms in total. The van der Waals surface area contributed by atoms with Crippen LogP contribution in [0.5, 0.6) is 0 Å². The Kier molecular flexibility index (Phi) is 3.48. The third-order valence-corrected chi connectivity index (χ3v) is 2.84. The highest BCUT2D eigenvalue weighted by Gasteiger charge is 2.27. The molecule has 0 spiro atoms. The van der Waals surface area contributed by atoms with Crippen molar-refractivity contribution in [3.05, 3.63) is 47.8 Å².